The quantitative estimate of drug-likeness (QED) is 0.126. The number of nitriles is 1. The molecule has 13 aromatic rings. The van der Waals surface area contributed by atoms with Crippen LogP contribution in [0.15, 0.2) is 193 Å². The highest BCUT2D eigenvalue weighted by Gasteiger charge is 2.21. The molecule has 3 aromatic heterocycles. The Kier molecular flexibility index (Phi) is 7.57. The molecule has 13 rings (SSSR count). The van der Waals surface area contributed by atoms with Crippen LogP contribution < -0.4 is 0 Å². The fourth-order valence-electron chi connectivity index (χ4n) is 10.2. The first-order valence-electron chi connectivity index (χ1n) is 21.0. The lowest BCUT2D eigenvalue weighted by Crippen LogP contribution is -1.94. The third-order valence-electron chi connectivity index (χ3n) is 13.0. The van der Waals surface area contributed by atoms with Crippen LogP contribution in [-0.2, 0) is 0 Å². The molecule has 0 fully saturated rings. The zero-order valence-corrected chi connectivity index (χ0v) is 34.5. The molecule has 0 bridgehead atoms. The molecule has 0 saturated carbocycles. The molecule has 5 heteroatoms. The van der Waals surface area contributed by atoms with Gasteiger partial charge < -0.3 is 9.13 Å². The number of benzene rings is 10. The number of aromatic nitrogens is 2. The SMILES string of the molecule is [C-]#[N+]c1ccc2c(c1)c1cc(-c3ccc4ccc5c(-c6cccs6)cc(-c6ccc7c(c6)c6cc(C#N)ccc6n7-c6ccccc6)c6ccc3c4c65)ccc1n2-c1ccccc1. The minimum absolute atomic E-state index is 0.633. The van der Waals surface area contributed by atoms with Crippen molar-refractivity contribution in [3.8, 4) is 50.1 Å². The molecule has 4 nitrogen and oxygen atoms in total. The van der Waals surface area contributed by atoms with Crippen LogP contribution in [0.25, 0.3) is 125 Å². The van der Waals surface area contributed by atoms with E-state index in [9.17, 15) is 5.26 Å². The molecule has 0 aliphatic rings. The molecule has 0 saturated heterocycles. The first-order valence-corrected chi connectivity index (χ1v) is 21.9. The normalized spacial score (nSPS) is 11.8. The molecule has 0 N–H and O–H groups in total. The fraction of sp³-hybridized carbons (Fsp3) is 0. The monoisotopic (exact) mass is 816 g/mol. The fourth-order valence-corrected chi connectivity index (χ4v) is 11.0. The molecule has 0 amide bonds. The molecule has 0 aliphatic carbocycles. The number of para-hydroxylation sites is 2. The zero-order valence-electron chi connectivity index (χ0n) is 33.7. The molecule has 0 spiro atoms. The average Bonchev–Trinajstić information content (AvgIpc) is 4.08. The van der Waals surface area contributed by atoms with E-state index in [2.05, 4.69) is 177 Å². The molecule has 0 unspecified atom stereocenters. The van der Waals surface area contributed by atoms with Crippen LogP contribution in [-0.4, -0.2) is 9.13 Å². The topological polar surface area (TPSA) is 38.0 Å². The first kappa shape index (κ1) is 35.3. The van der Waals surface area contributed by atoms with Gasteiger partial charge in [-0.05, 0) is 156 Å². The Morgan fingerprint density at radius 3 is 1.63 bits per heavy atom. The van der Waals surface area contributed by atoms with Gasteiger partial charge in [-0.25, -0.2) is 4.85 Å². The minimum Gasteiger partial charge on any atom is -0.309 e. The van der Waals surface area contributed by atoms with E-state index in [0.29, 0.717) is 11.3 Å². The van der Waals surface area contributed by atoms with Crippen molar-refractivity contribution < 1.29 is 0 Å². The molecule has 290 valence electrons. The summed E-state index contributed by atoms with van der Waals surface area (Å²) in [5, 5.41) is 23.9. The van der Waals surface area contributed by atoms with Gasteiger partial charge in [0, 0.05) is 38.0 Å². The lowest BCUT2D eigenvalue weighted by Gasteiger charge is -2.19. The van der Waals surface area contributed by atoms with E-state index in [1.807, 2.05) is 36.4 Å². The molecule has 0 radical (unpaired) electrons. The van der Waals surface area contributed by atoms with E-state index in [1.54, 1.807) is 11.3 Å². The van der Waals surface area contributed by atoms with E-state index in [1.165, 1.54) is 53.9 Å². The van der Waals surface area contributed by atoms with Crippen molar-refractivity contribution in [2.75, 3.05) is 0 Å². The number of hydrogen-bond acceptors (Lipinski definition) is 2. The van der Waals surface area contributed by atoms with Gasteiger partial charge >= 0.3 is 0 Å². The molecule has 3 heterocycles. The third-order valence-corrected chi connectivity index (χ3v) is 13.9. The number of hydrogen-bond donors (Lipinski definition) is 0. The Bertz CT molecular complexity index is 4090. The van der Waals surface area contributed by atoms with Crippen LogP contribution in [0.4, 0.5) is 5.69 Å². The van der Waals surface area contributed by atoms with E-state index < -0.39 is 0 Å². The Balaban J connectivity index is 1.07. The molecule has 63 heavy (non-hydrogen) atoms. The number of nitrogens with zero attached hydrogens (tertiary/aromatic N) is 4. The van der Waals surface area contributed by atoms with Gasteiger partial charge in [0.05, 0.1) is 40.3 Å². The smallest absolute Gasteiger partial charge is 0.188 e. The van der Waals surface area contributed by atoms with Crippen LogP contribution in [0.1, 0.15) is 5.56 Å². The summed E-state index contributed by atoms with van der Waals surface area (Å²) in [5.74, 6) is 0. The first-order chi connectivity index (χ1) is 31.1. The van der Waals surface area contributed by atoms with Crippen molar-refractivity contribution >= 4 is 93.0 Å². The second kappa shape index (κ2) is 13.5. The molecule has 0 aliphatic heterocycles. The summed E-state index contributed by atoms with van der Waals surface area (Å²) in [5.41, 5.74) is 13.7. The van der Waals surface area contributed by atoms with Gasteiger partial charge in [-0.3, -0.25) is 0 Å². The summed E-state index contributed by atoms with van der Waals surface area (Å²) in [6.07, 6.45) is 0. The molecular formula is C58H32N4S. The van der Waals surface area contributed by atoms with Crippen molar-refractivity contribution in [1.82, 2.24) is 9.13 Å². The highest BCUT2D eigenvalue weighted by atomic mass is 32.1. The van der Waals surface area contributed by atoms with Gasteiger partial charge in [0.15, 0.2) is 5.69 Å². The van der Waals surface area contributed by atoms with Gasteiger partial charge in [-0.1, -0.05) is 97.1 Å². The summed E-state index contributed by atoms with van der Waals surface area (Å²) in [6.45, 7) is 7.82. The third kappa shape index (κ3) is 5.19. The lowest BCUT2D eigenvalue weighted by atomic mass is 9.85. The van der Waals surface area contributed by atoms with E-state index in [-0.39, 0.29) is 0 Å². The minimum atomic E-state index is 0.633. The number of thiophene rings is 1. The van der Waals surface area contributed by atoms with Crippen molar-refractivity contribution in [2.45, 2.75) is 0 Å². The van der Waals surface area contributed by atoms with Crippen molar-refractivity contribution in [3.05, 3.63) is 210 Å². The molecule has 10 aromatic carbocycles. The van der Waals surface area contributed by atoms with Crippen LogP contribution in [0.5, 0.6) is 0 Å². The largest absolute Gasteiger partial charge is 0.309 e. The van der Waals surface area contributed by atoms with E-state index >= 15 is 0 Å². The zero-order chi connectivity index (χ0) is 41.8. The maximum atomic E-state index is 9.98. The second-order valence-corrected chi connectivity index (χ2v) is 17.2. The summed E-state index contributed by atoms with van der Waals surface area (Å²) in [7, 11) is 0. The lowest BCUT2D eigenvalue weighted by molar-refractivity contribution is 1.18. The molecule has 0 atom stereocenters. The van der Waals surface area contributed by atoms with Crippen LogP contribution in [0.3, 0.4) is 0 Å². The Morgan fingerprint density at radius 2 is 1.00 bits per heavy atom. The summed E-state index contributed by atoms with van der Waals surface area (Å²) < 4.78 is 4.61. The van der Waals surface area contributed by atoms with E-state index in [0.717, 1.165) is 66.1 Å². The van der Waals surface area contributed by atoms with Crippen molar-refractivity contribution in [3.63, 3.8) is 0 Å². The Labute approximate surface area is 366 Å². The highest BCUT2D eigenvalue weighted by molar-refractivity contribution is 7.13. The predicted molar refractivity (Wildman–Crippen MR) is 264 cm³/mol. The maximum absolute atomic E-state index is 9.98. The van der Waals surface area contributed by atoms with Crippen molar-refractivity contribution in [1.29, 1.82) is 5.26 Å². The standard InChI is InChI=1S/C58H32N4S/c1-60-39-19-27-55-50(32-39)49-30-37(17-25-54(49)62(55)41-11-6-3-7-12-41)42-20-15-36-16-21-45-51(56-13-8-28-63-56)33-46(44-23-22-43(42)57(36)58(44)45)38-18-26-53-48(31-38)47-29-35(34-59)14-24-52(47)61(53)40-9-4-2-5-10-40/h2-33H. The second-order valence-electron chi connectivity index (χ2n) is 16.3. The van der Waals surface area contributed by atoms with Gasteiger partial charge in [-0.15, -0.1) is 11.3 Å². The van der Waals surface area contributed by atoms with E-state index in [4.69, 9.17) is 6.57 Å². The molecular weight excluding hydrogens is 785 g/mol. The highest BCUT2D eigenvalue weighted by Crippen LogP contribution is 2.48. The Hall–Kier alpha value is -8.48. The van der Waals surface area contributed by atoms with Gasteiger partial charge in [-0.2, -0.15) is 5.26 Å². The number of fused-ring (bicyclic) bond motifs is 6. The number of rotatable bonds is 5. The van der Waals surface area contributed by atoms with Gasteiger partial charge in [0.25, 0.3) is 0 Å². The van der Waals surface area contributed by atoms with Gasteiger partial charge in [0.2, 0.25) is 0 Å². The van der Waals surface area contributed by atoms with Crippen LogP contribution >= 0.6 is 11.3 Å². The average molecular weight is 817 g/mol. The summed E-state index contributed by atoms with van der Waals surface area (Å²) >= 11 is 1.77. The predicted octanol–water partition coefficient (Wildman–Crippen LogP) is 16.3. The van der Waals surface area contributed by atoms with Crippen LogP contribution in [0, 0.1) is 17.9 Å². The van der Waals surface area contributed by atoms with Gasteiger partial charge in [0.1, 0.15) is 0 Å². The Morgan fingerprint density at radius 1 is 0.444 bits per heavy atom. The van der Waals surface area contributed by atoms with Crippen LogP contribution in [0.2, 0.25) is 0 Å². The summed E-state index contributed by atoms with van der Waals surface area (Å²) in [6, 6.07) is 69.6. The van der Waals surface area contributed by atoms with Crippen molar-refractivity contribution in [2.24, 2.45) is 0 Å². The maximum Gasteiger partial charge on any atom is 0.188 e. The summed E-state index contributed by atoms with van der Waals surface area (Å²) in [4.78, 5) is 5.04.